The zero-order valence-corrected chi connectivity index (χ0v) is 16.7. The molecular weight excluding hydrogens is 378 g/mol. The zero-order valence-electron chi connectivity index (χ0n) is 16.7. The van der Waals surface area contributed by atoms with Crippen LogP contribution >= 0.6 is 0 Å². The van der Waals surface area contributed by atoms with Gasteiger partial charge < -0.3 is 24.1 Å². The van der Waals surface area contributed by atoms with E-state index in [1.807, 2.05) is 12.1 Å². The van der Waals surface area contributed by atoms with E-state index in [9.17, 15) is 9.90 Å². The van der Waals surface area contributed by atoms with Gasteiger partial charge in [0.15, 0.2) is 0 Å². The average molecular weight is 401 g/mol. The highest BCUT2D eigenvalue weighted by Gasteiger charge is 2.40. The van der Waals surface area contributed by atoms with E-state index in [4.69, 9.17) is 24.5 Å². The van der Waals surface area contributed by atoms with Gasteiger partial charge in [0.1, 0.15) is 23.4 Å². The lowest BCUT2D eigenvalue weighted by Gasteiger charge is -2.38. The van der Waals surface area contributed by atoms with Crippen LogP contribution in [0, 0.1) is 0 Å². The molecule has 2 aromatic carbocycles. The lowest BCUT2D eigenvalue weighted by Crippen LogP contribution is -2.45. The number of aromatic hydroxyl groups is 1. The molecule has 1 N–H and O–H groups in total. The number of methoxy groups -OCH3 is 2. The molecule has 4 atom stereocenters. The Balaban J connectivity index is 2.07. The van der Waals surface area contributed by atoms with Crippen LogP contribution in [-0.4, -0.2) is 43.5 Å². The monoisotopic (exact) mass is 401 g/mol. The highest BCUT2D eigenvalue weighted by Crippen LogP contribution is 2.45. The first-order valence-corrected chi connectivity index (χ1v) is 9.14. The summed E-state index contributed by atoms with van der Waals surface area (Å²) in [6.45, 7) is 3.06. The van der Waals surface area contributed by atoms with Crippen molar-refractivity contribution < 1.29 is 28.8 Å². The van der Waals surface area contributed by atoms with E-state index in [1.165, 1.54) is 20.1 Å². The topological polar surface area (TPSA) is 123 Å². The van der Waals surface area contributed by atoms with Crippen molar-refractivity contribution in [3.05, 3.63) is 40.3 Å². The Labute approximate surface area is 167 Å². The largest absolute Gasteiger partial charge is 0.507 e. The molecule has 0 bridgehead atoms. The zero-order chi connectivity index (χ0) is 21.1. The lowest BCUT2D eigenvalue weighted by molar-refractivity contribution is -0.171. The second-order valence-electron chi connectivity index (χ2n) is 6.81. The molecule has 0 radical (unpaired) electrons. The van der Waals surface area contributed by atoms with E-state index in [1.54, 1.807) is 20.1 Å². The summed E-state index contributed by atoms with van der Waals surface area (Å²) in [6, 6.07) is 6.27. The van der Waals surface area contributed by atoms with Gasteiger partial charge >= 0.3 is 5.97 Å². The predicted octanol–water partition coefficient (Wildman–Crippen LogP) is 4.02. The summed E-state index contributed by atoms with van der Waals surface area (Å²) < 4.78 is 22.4. The van der Waals surface area contributed by atoms with Gasteiger partial charge in [0, 0.05) is 22.8 Å². The van der Waals surface area contributed by atoms with Gasteiger partial charge in [0.05, 0.1) is 37.9 Å². The fraction of sp³-hybridized carbons (Fsp3) is 0.450. The first-order chi connectivity index (χ1) is 13.9. The Morgan fingerprint density at radius 1 is 1.28 bits per heavy atom. The highest BCUT2D eigenvalue weighted by molar-refractivity contribution is 5.98. The van der Waals surface area contributed by atoms with Crippen LogP contribution in [-0.2, 0) is 14.3 Å². The number of fused-ring (bicyclic) bond motifs is 1. The quantitative estimate of drug-likeness (QED) is 0.349. The maximum atomic E-state index is 11.4. The molecule has 1 heterocycles. The van der Waals surface area contributed by atoms with Gasteiger partial charge in [-0.3, -0.25) is 4.79 Å². The van der Waals surface area contributed by atoms with Gasteiger partial charge in [-0.15, -0.1) is 0 Å². The number of ether oxygens (including phenoxy) is 4. The average Bonchev–Trinajstić information content (AvgIpc) is 2.69. The van der Waals surface area contributed by atoms with Crippen LogP contribution in [0.1, 0.15) is 31.9 Å². The Morgan fingerprint density at radius 3 is 2.66 bits per heavy atom. The van der Waals surface area contributed by atoms with E-state index < -0.39 is 30.3 Å². The summed E-state index contributed by atoms with van der Waals surface area (Å²) in [4.78, 5) is 14.3. The van der Waals surface area contributed by atoms with Crippen LogP contribution in [0.15, 0.2) is 29.4 Å². The minimum absolute atomic E-state index is 0.0488. The molecule has 9 heteroatoms. The number of phenolic OH excluding ortho intramolecular Hbond substituents is 1. The smallest absolute Gasteiger partial charge is 0.303 e. The minimum Gasteiger partial charge on any atom is -0.507 e. The molecule has 1 fully saturated rings. The van der Waals surface area contributed by atoms with Crippen molar-refractivity contribution in [1.82, 2.24) is 0 Å². The molecular formula is C20H23N3O6. The van der Waals surface area contributed by atoms with Gasteiger partial charge in [-0.1, -0.05) is 11.2 Å². The van der Waals surface area contributed by atoms with Crippen molar-refractivity contribution >= 4 is 16.7 Å². The third-order valence-corrected chi connectivity index (χ3v) is 5.05. The molecule has 0 aromatic heterocycles. The maximum absolute atomic E-state index is 11.4. The summed E-state index contributed by atoms with van der Waals surface area (Å²) in [5.74, 6) is 0.624. The van der Waals surface area contributed by atoms with Crippen LogP contribution in [0.4, 0.5) is 0 Å². The van der Waals surface area contributed by atoms with Crippen molar-refractivity contribution in [3.8, 4) is 17.2 Å². The summed E-state index contributed by atoms with van der Waals surface area (Å²) in [7, 11) is 3.06. The summed E-state index contributed by atoms with van der Waals surface area (Å²) in [6.07, 6.45) is -1.39. The Hall–Kier alpha value is -3.16. The fourth-order valence-corrected chi connectivity index (χ4v) is 3.84. The number of carbonyl (C=O) groups excluding carboxylic acids is 1. The molecule has 154 valence electrons. The van der Waals surface area contributed by atoms with Gasteiger partial charge in [0.2, 0.25) is 0 Å². The number of rotatable bonds is 5. The molecule has 0 spiro atoms. The van der Waals surface area contributed by atoms with Crippen LogP contribution < -0.4 is 9.47 Å². The van der Waals surface area contributed by atoms with E-state index >= 15 is 0 Å². The number of nitrogens with zero attached hydrogens (tertiary/aromatic N) is 3. The van der Waals surface area contributed by atoms with E-state index in [-0.39, 0.29) is 5.75 Å². The maximum Gasteiger partial charge on any atom is 0.303 e. The van der Waals surface area contributed by atoms with Crippen molar-refractivity contribution in [2.75, 3.05) is 14.2 Å². The number of azide groups is 1. The third-order valence-electron chi connectivity index (χ3n) is 5.05. The van der Waals surface area contributed by atoms with Crippen LogP contribution in [0.5, 0.6) is 17.2 Å². The van der Waals surface area contributed by atoms with Crippen molar-refractivity contribution in [2.24, 2.45) is 5.11 Å². The van der Waals surface area contributed by atoms with Crippen LogP contribution in [0.25, 0.3) is 21.2 Å². The molecule has 1 aliphatic rings. The van der Waals surface area contributed by atoms with Gasteiger partial charge in [-0.25, -0.2) is 0 Å². The number of phenols is 1. The van der Waals surface area contributed by atoms with Crippen molar-refractivity contribution in [1.29, 1.82) is 0 Å². The highest BCUT2D eigenvalue weighted by atomic mass is 16.6. The van der Waals surface area contributed by atoms with Crippen molar-refractivity contribution in [2.45, 2.75) is 44.6 Å². The van der Waals surface area contributed by atoms with E-state index in [0.29, 0.717) is 34.3 Å². The second-order valence-corrected chi connectivity index (χ2v) is 6.81. The Morgan fingerprint density at radius 2 is 2.03 bits per heavy atom. The lowest BCUT2D eigenvalue weighted by atomic mass is 9.90. The molecule has 3 rings (SSSR count). The van der Waals surface area contributed by atoms with Gasteiger partial charge in [0.25, 0.3) is 0 Å². The van der Waals surface area contributed by atoms with Gasteiger partial charge in [-0.05, 0) is 37.1 Å². The second kappa shape index (κ2) is 8.46. The summed E-state index contributed by atoms with van der Waals surface area (Å²) in [5, 5.41) is 15.5. The predicted molar refractivity (Wildman–Crippen MR) is 105 cm³/mol. The van der Waals surface area contributed by atoms with E-state index in [0.717, 1.165) is 0 Å². The molecule has 29 heavy (non-hydrogen) atoms. The molecule has 9 nitrogen and oxygen atoms in total. The number of esters is 1. The first kappa shape index (κ1) is 20.6. The number of hydrogen-bond acceptors (Lipinski definition) is 7. The summed E-state index contributed by atoms with van der Waals surface area (Å²) >= 11 is 0. The summed E-state index contributed by atoms with van der Waals surface area (Å²) in [5.41, 5.74) is 9.64. The molecule has 1 saturated heterocycles. The van der Waals surface area contributed by atoms with Crippen molar-refractivity contribution in [3.63, 3.8) is 0 Å². The Kier molecular flexibility index (Phi) is 6.00. The van der Waals surface area contributed by atoms with Gasteiger partial charge in [-0.2, -0.15) is 0 Å². The molecule has 0 unspecified atom stereocenters. The normalized spacial score (nSPS) is 23.9. The number of hydrogen-bond donors (Lipinski definition) is 1. The molecule has 1 aliphatic heterocycles. The number of benzene rings is 2. The molecule has 0 saturated carbocycles. The van der Waals surface area contributed by atoms with Crippen LogP contribution in [0.2, 0.25) is 0 Å². The van der Waals surface area contributed by atoms with E-state index in [2.05, 4.69) is 10.0 Å². The SMILES string of the molecule is COc1ccc(O)c2c(OC)c([C@H]3C[C@@H](N=[N+]=[N-])[C@H](OC(C)=O)[C@@H](C)O3)ccc12. The molecule has 0 aliphatic carbocycles. The third kappa shape index (κ3) is 3.87. The minimum atomic E-state index is -0.681. The molecule has 2 aromatic rings. The van der Waals surface area contributed by atoms with Crippen LogP contribution in [0.3, 0.4) is 0 Å². The molecule has 0 amide bonds. The fourth-order valence-electron chi connectivity index (χ4n) is 3.84. The number of carbonyl (C=O) groups is 1. The first-order valence-electron chi connectivity index (χ1n) is 9.14. The standard InChI is InChI=1S/C20H23N3O6/c1-10-19(29-11(2)24)14(22-23-21)9-17(28-10)13-6-5-12-16(26-3)8-7-15(25)18(12)20(13)27-4/h5-8,10,14,17,19,25H,9H2,1-4H3/t10-,14-,17-,19-/m1/s1. The Bertz CT molecular complexity index is 972.